The van der Waals surface area contributed by atoms with Gasteiger partial charge in [0, 0.05) is 29.4 Å². The third kappa shape index (κ3) is 9.32. The molecular weight excluding hydrogens is 533 g/mol. The second kappa shape index (κ2) is 13.9. The number of benzene rings is 3. The summed E-state index contributed by atoms with van der Waals surface area (Å²) in [4.78, 5) is 26.5. The highest BCUT2D eigenvalue weighted by Crippen LogP contribution is 2.26. The molecule has 0 fully saturated rings. The number of nitrogens with zero attached hydrogens (tertiary/aromatic N) is 1. The van der Waals surface area contributed by atoms with E-state index in [1.807, 2.05) is 14.1 Å². The molecule has 3 aromatic carbocycles. The zero-order valence-electron chi connectivity index (χ0n) is 20.3. The highest BCUT2D eigenvalue weighted by molar-refractivity contribution is 7.99. The van der Waals surface area contributed by atoms with Crippen LogP contribution in [0.4, 0.5) is 27.1 Å². The Morgan fingerprint density at radius 1 is 0.919 bits per heavy atom. The van der Waals surface area contributed by atoms with Crippen LogP contribution in [0.2, 0.25) is 5.02 Å². The summed E-state index contributed by atoms with van der Waals surface area (Å²) in [6.07, 6.45) is 0. The molecule has 194 valence electrons. The number of thiocarbonyl (C=S) groups is 1. The van der Waals surface area contributed by atoms with Gasteiger partial charge < -0.3 is 26.2 Å². The quantitative estimate of drug-likeness (QED) is 0.185. The van der Waals surface area contributed by atoms with Gasteiger partial charge in [0.05, 0.1) is 22.0 Å². The van der Waals surface area contributed by atoms with Crippen LogP contribution < -0.4 is 21.3 Å². The fourth-order valence-electron chi connectivity index (χ4n) is 3.07. The largest absolute Gasteiger partial charge is 0.332 e. The first-order valence-electron chi connectivity index (χ1n) is 11.3. The third-order valence-corrected chi connectivity index (χ3v) is 6.39. The highest BCUT2D eigenvalue weighted by atomic mass is 35.5. The van der Waals surface area contributed by atoms with Crippen LogP contribution >= 0.6 is 35.6 Å². The molecule has 7 nitrogen and oxygen atoms in total. The number of anilines is 4. The normalized spacial score (nSPS) is 10.6. The van der Waals surface area contributed by atoms with Crippen molar-refractivity contribution >= 4 is 75.3 Å². The Morgan fingerprint density at radius 3 is 2.19 bits per heavy atom. The lowest BCUT2D eigenvalue weighted by atomic mass is 10.2. The van der Waals surface area contributed by atoms with E-state index in [4.69, 9.17) is 23.8 Å². The van der Waals surface area contributed by atoms with Gasteiger partial charge in [-0.2, -0.15) is 11.8 Å². The molecule has 2 amide bonds. The van der Waals surface area contributed by atoms with E-state index in [9.17, 15) is 14.0 Å². The summed E-state index contributed by atoms with van der Waals surface area (Å²) >= 11 is 13.3. The second-order valence-corrected chi connectivity index (χ2v) is 10.1. The predicted octanol–water partition coefficient (Wildman–Crippen LogP) is 5.77. The van der Waals surface area contributed by atoms with Crippen molar-refractivity contribution < 1.29 is 14.0 Å². The van der Waals surface area contributed by atoms with Crippen molar-refractivity contribution in [1.82, 2.24) is 4.90 Å². The third-order valence-electron chi connectivity index (χ3n) is 4.94. The van der Waals surface area contributed by atoms with E-state index in [2.05, 4.69) is 26.2 Å². The summed E-state index contributed by atoms with van der Waals surface area (Å²) in [6, 6.07) is 17.7. The number of rotatable bonds is 10. The van der Waals surface area contributed by atoms with E-state index in [1.54, 1.807) is 60.3 Å². The SMILES string of the molecule is CN(C)CCSCC(=O)Nc1ccc(NC(=S)Nc2ccc(NC(=O)c3ccccc3F)cc2)cc1Cl. The molecule has 0 aliphatic rings. The lowest BCUT2D eigenvalue weighted by Gasteiger charge is -2.13. The molecule has 0 saturated heterocycles. The lowest BCUT2D eigenvalue weighted by Crippen LogP contribution is -2.20. The van der Waals surface area contributed by atoms with Crippen LogP contribution in [0.1, 0.15) is 10.4 Å². The number of thioether (sulfide) groups is 1. The van der Waals surface area contributed by atoms with E-state index in [1.165, 1.54) is 18.2 Å². The van der Waals surface area contributed by atoms with Crippen molar-refractivity contribution in [3.8, 4) is 0 Å². The molecule has 4 N–H and O–H groups in total. The van der Waals surface area contributed by atoms with Crippen molar-refractivity contribution in [1.29, 1.82) is 0 Å². The summed E-state index contributed by atoms with van der Waals surface area (Å²) < 4.78 is 13.8. The van der Waals surface area contributed by atoms with Gasteiger partial charge in [-0.05, 0) is 80.9 Å². The van der Waals surface area contributed by atoms with E-state index in [0.717, 1.165) is 12.3 Å². The van der Waals surface area contributed by atoms with Crippen LogP contribution in [0.15, 0.2) is 66.7 Å². The highest BCUT2D eigenvalue weighted by Gasteiger charge is 2.11. The fraction of sp³-hybridized carbons (Fsp3) is 0.192. The molecule has 0 aliphatic carbocycles. The molecule has 0 saturated carbocycles. The van der Waals surface area contributed by atoms with Crippen molar-refractivity contribution in [2.24, 2.45) is 0 Å². The summed E-state index contributed by atoms with van der Waals surface area (Å²) in [5.74, 6) is -0.0106. The van der Waals surface area contributed by atoms with Gasteiger partial charge >= 0.3 is 0 Å². The molecule has 0 aliphatic heterocycles. The summed E-state index contributed by atoms with van der Waals surface area (Å²) in [7, 11) is 3.98. The number of hydrogen-bond acceptors (Lipinski definition) is 5. The Labute approximate surface area is 230 Å². The van der Waals surface area contributed by atoms with E-state index < -0.39 is 11.7 Å². The molecule has 0 radical (unpaired) electrons. The smallest absolute Gasteiger partial charge is 0.258 e. The van der Waals surface area contributed by atoms with Gasteiger partial charge in [-0.15, -0.1) is 0 Å². The minimum Gasteiger partial charge on any atom is -0.332 e. The zero-order chi connectivity index (χ0) is 26.8. The van der Waals surface area contributed by atoms with Crippen LogP contribution in [-0.2, 0) is 4.79 Å². The van der Waals surface area contributed by atoms with Gasteiger partial charge in [0.2, 0.25) is 5.91 Å². The molecule has 37 heavy (non-hydrogen) atoms. The molecule has 0 atom stereocenters. The number of amides is 2. The van der Waals surface area contributed by atoms with Crippen LogP contribution in [0.3, 0.4) is 0 Å². The molecule has 3 rings (SSSR count). The Bertz CT molecular complexity index is 1260. The van der Waals surface area contributed by atoms with E-state index in [0.29, 0.717) is 38.6 Å². The molecular formula is C26H27ClFN5O2S2. The first-order valence-corrected chi connectivity index (χ1v) is 13.2. The van der Waals surface area contributed by atoms with Crippen molar-refractivity contribution in [2.45, 2.75) is 0 Å². The number of halogens is 2. The molecule has 3 aromatic rings. The molecule has 0 bridgehead atoms. The van der Waals surface area contributed by atoms with Crippen molar-refractivity contribution in [2.75, 3.05) is 53.4 Å². The standard InChI is InChI=1S/C26H27ClFN5O2S2/c1-33(2)13-14-37-16-24(34)32-23-12-11-19(15-21(23)27)31-26(36)30-18-9-7-17(8-10-18)29-25(35)20-5-3-4-6-22(20)28/h3-12,15H,13-14,16H2,1-2H3,(H,29,35)(H,32,34)(H2,30,31,36). The summed E-state index contributed by atoms with van der Waals surface area (Å²) in [6.45, 7) is 0.906. The molecule has 11 heteroatoms. The number of carbonyl (C=O) groups excluding carboxylic acids is 2. The Hall–Kier alpha value is -3.18. The van der Waals surface area contributed by atoms with E-state index in [-0.39, 0.29) is 11.5 Å². The molecule has 0 unspecified atom stereocenters. The molecule has 0 aromatic heterocycles. The Morgan fingerprint density at radius 2 is 1.54 bits per heavy atom. The predicted molar refractivity (Wildman–Crippen MR) is 157 cm³/mol. The van der Waals surface area contributed by atoms with Crippen molar-refractivity contribution in [3.63, 3.8) is 0 Å². The van der Waals surface area contributed by atoms with Gasteiger partial charge in [0.15, 0.2) is 5.11 Å². The van der Waals surface area contributed by atoms with E-state index >= 15 is 0 Å². The molecule has 0 spiro atoms. The lowest BCUT2D eigenvalue weighted by molar-refractivity contribution is -0.113. The number of carbonyl (C=O) groups is 2. The van der Waals surface area contributed by atoms with Crippen LogP contribution in [0, 0.1) is 5.82 Å². The maximum absolute atomic E-state index is 13.8. The molecule has 0 heterocycles. The van der Waals surface area contributed by atoms with Crippen LogP contribution in [0.25, 0.3) is 0 Å². The van der Waals surface area contributed by atoms with Crippen LogP contribution in [0.5, 0.6) is 0 Å². The van der Waals surface area contributed by atoms with Gasteiger partial charge in [-0.1, -0.05) is 23.7 Å². The first kappa shape index (κ1) is 28.4. The van der Waals surface area contributed by atoms with Crippen LogP contribution in [-0.4, -0.2) is 54.0 Å². The maximum atomic E-state index is 13.8. The van der Waals surface area contributed by atoms with Gasteiger partial charge in [-0.3, -0.25) is 9.59 Å². The Kier molecular flexibility index (Phi) is 10.7. The summed E-state index contributed by atoms with van der Waals surface area (Å²) in [5.41, 5.74) is 2.34. The zero-order valence-corrected chi connectivity index (χ0v) is 22.7. The monoisotopic (exact) mass is 559 g/mol. The van der Waals surface area contributed by atoms with Crippen molar-refractivity contribution in [3.05, 3.63) is 83.1 Å². The second-order valence-electron chi connectivity index (χ2n) is 8.19. The number of hydrogen-bond donors (Lipinski definition) is 4. The maximum Gasteiger partial charge on any atom is 0.258 e. The fourth-order valence-corrected chi connectivity index (χ4v) is 4.43. The topological polar surface area (TPSA) is 85.5 Å². The average Bonchev–Trinajstić information content (AvgIpc) is 2.85. The number of nitrogens with one attached hydrogen (secondary N) is 4. The Balaban J connectivity index is 1.48. The first-order chi connectivity index (χ1) is 17.7. The van der Waals surface area contributed by atoms with Gasteiger partial charge in [-0.25, -0.2) is 4.39 Å². The average molecular weight is 560 g/mol. The minimum absolute atomic E-state index is 0.0294. The van der Waals surface area contributed by atoms with Gasteiger partial charge in [0.1, 0.15) is 5.82 Å². The van der Waals surface area contributed by atoms with Gasteiger partial charge in [0.25, 0.3) is 5.91 Å². The minimum atomic E-state index is -0.583. The summed E-state index contributed by atoms with van der Waals surface area (Å²) in [5, 5.41) is 12.3.